The van der Waals surface area contributed by atoms with Crippen molar-refractivity contribution in [3.05, 3.63) is 23.8 Å². The molecule has 1 aliphatic carbocycles. The van der Waals surface area contributed by atoms with Crippen molar-refractivity contribution in [1.29, 1.82) is 0 Å². The van der Waals surface area contributed by atoms with E-state index in [0.717, 1.165) is 36.4 Å². The van der Waals surface area contributed by atoms with Crippen molar-refractivity contribution >= 4 is 5.91 Å². The van der Waals surface area contributed by atoms with Crippen molar-refractivity contribution in [2.45, 2.75) is 52.1 Å². The van der Waals surface area contributed by atoms with Gasteiger partial charge in [-0.25, -0.2) is 0 Å². The predicted octanol–water partition coefficient (Wildman–Crippen LogP) is 2.55. The number of ether oxygens (including phenoxy) is 2. The maximum Gasteiger partial charge on any atom is 0.225 e. The molecular weight excluding hydrogens is 330 g/mol. The minimum Gasteiger partial charge on any atom is -0.490 e. The normalized spacial score (nSPS) is 26.0. The first-order valence-electron chi connectivity index (χ1n) is 9.82. The van der Waals surface area contributed by atoms with E-state index in [1.165, 1.54) is 6.42 Å². The van der Waals surface area contributed by atoms with Gasteiger partial charge >= 0.3 is 0 Å². The summed E-state index contributed by atoms with van der Waals surface area (Å²) in [7, 11) is 0. The van der Waals surface area contributed by atoms with Crippen LogP contribution in [-0.4, -0.2) is 31.7 Å². The van der Waals surface area contributed by atoms with Crippen molar-refractivity contribution < 1.29 is 14.3 Å². The highest BCUT2D eigenvalue weighted by Crippen LogP contribution is 2.33. The van der Waals surface area contributed by atoms with Crippen LogP contribution in [0.2, 0.25) is 0 Å². The van der Waals surface area contributed by atoms with E-state index in [0.29, 0.717) is 19.1 Å². The molecule has 3 N–H and O–H groups in total. The molecule has 144 valence electrons. The Balaban J connectivity index is 1.67. The number of nitrogens with one attached hydrogen (secondary N) is 3. The lowest BCUT2D eigenvalue weighted by Crippen LogP contribution is -2.48. The molecule has 0 radical (unpaired) electrons. The van der Waals surface area contributed by atoms with Gasteiger partial charge in [0.25, 0.3) is 0 Å². The summed E-state index contributed by atoms with van der Waals surface area (Å²) in [6, 6.07) is 6.06. The minimum absolute atomic E-state index is 0.0280. The van der Waals surface area contributed by atoms with Crippen LogP contribution in [0.15, 0.2) is 18.2 Å². The lowest BCUT2D eigenvalue weighted by Gasteiger charge is -2.32. The zero-order valence-electron chi connectivity index (χ0n) is 16.0. The third-order valence-corrected chi connectivity index (χ3v) is 5.43. The Labute approximate surface area is 156 Å². The summed E-state index contributed by atoms with van der Waals surface area (Å²) in [5, 5.41) is 3.20. The molecule has 6 heteroatoms. The van der Waals surface area contributed by atoms with E-state index in [9.17, 15) is 4.79 Å². The first kappa shape index (κ1) is 19.0. The van der Waals surface area contributed by atoms with Gasteiger partial charge in [0.2, 0.25) is 5.91 Å². The fraction of sp³-hybridized carbons (Fsp3) is 0.650. The third-order valence-electron chi connectivity index (χ3n) is 5.43. The Bertz CT molecular complexity index is 622. The number of fused-ring (bicyclic) bond motifs is 1. The molecule has 26 heavy (non-hydrogen) atoms. The molecule has 3 rings (SSSR count). The van der Waals surface area contributed by atoms with E-state index in [1.54, 1.807) is 0 Å². The Kier molecular flexibility index (Phi) is 6.38. The molecule has 0 bridgehead atoms. The van der Waals surface area contributed by atoms with Crippen molar-refractivity contribution in [1.82, 2.24) is 16.2 Å². The van der Waals surface area contributed by atoms with Gasteiger partial charge in [0.15, 0.2) is 11.5 Å². The molecule has 1 saturated heterocycles. The summed E-state index contributed by atoms with van der Waals surface area (Å²) >= 11 is 0. The fourth-order valence-electron chi connectivity index (χ4n) is 4.08. The molecule has 2 aliphatic rings. The van der Waals surface area contributed by atoms with Crippen LogP contribution in [0.1, 0.15) is 51.6 Å². The van der Waals surface area contributed by atoms with Gasteiger partial charge in [0.1, 0.15) is 0 Å². The van der Waals surface area contributed by atoms with Crippen LogP contribution in [0.25, 0.3) is 0 Å². The zero-order chi connectivity index (χ0) is 18.5. The maximum atomic E-state index is 12.9. The first-order valence-corrected chi connectivity index (χ1v) is 9.82. The summed E-state index contributed by atoms with van der Waals surface area (Å²) < 4.78 is 11.3. The summed E-state index contributed by atoms with van der Waals surface area (Å²) in [4.78, 5) is 12.9. The Hall–Kier alpha value is -1.79. The average molecular weight is 361 g/mol. The van der Waals surface area contributed by atoms with Crippen LogP contribution in [0.5, 0.6) is 11.5 Å². The van der Waals surface area contributed by atoms with Crippen molar-refractivity contribution in [2.75, 3.05) is 19.8 Å². The van der Waals surface area contributed by atoms with E-state index in [1.807, 2.05) is 39.0 Å². The smallest absolute Gasteiger partial charge is 0.225 e. The molecule has 1 aliphatic heterocycles. The fourth-order valence-corrected chi connectivity index (χ4v) is 4.08. The van der Waals surface area contributed by atoms with Gasteiger partial charge < -0.3 is 14.8 Å². The molecule has 1 aromatic rings. The standard InChI is InChI=1S/C20H31N3O3/c1-4-25-17-10-9-14(11-18(17)26-5-2)13(3)22-20(24)16-8-6-7-15-12-21-23-19(15)16/h9-11,13,15-16,19,21,23H,4-8,12H2,1-3H3,(H,22,24). The van der Waals surface area contributed by atoms with Gasteiger partial charge in [-0.2, -0.15) is 0 Å². The number of hydrogen-bond donors (Lipinski definition) is 3. The zero-order valence-corrected chi connectivity index (χ0v) is 16.0. The summed E-state index contributed by atoms with van der Waals surface area (Å²) in [5.74, 6) is 2.20. The Morgan fingerprint density at radius 2 is 2.00 bits per heavy atom. The van der Waals surface area contributed by atoms with E-state index >= 15 is 0 Å². The topological polar surface area (TPSA) is 71.6 Å². The average Bonchev–Trinajstić information content (AvgIpc) is 3.12. The number of benzene rings is 1. The van der Waals surface area contributed by atoms with Gasteiger partial charge in [-0.3, -0.25) is 15.6 Å². The molecule has 6 nitrogen and oxygen atoms in total. The van der Waals surface area contributed by atoms with Crippen LogP contribution in [0.3, 0.4) is 0 Å². The minimum atomic E-state index is -0.0767. The van der Waals surface area contributed by atoms with E-state index < -0.39 is 0 Å². The van der Waals surface area contributed by atoms with Crippen LogP contribution >= 0.6 is 0 Å². The summed E-state index contributed by atoms with van der Waals surface area (Å²) in [5.41, 5.74) is 7.54. The monoisotopic (exact) mass is 361 g/mol. The summed E-state index contributed by atoms with van der Waals surface area (Å²) in [6.07, 6.45) is 3.26. The number of hydrogen-bond acceptors (Lipinski definition) is 5. The highest BCUT2D eigenvalue weighted by molar-refractivity contribution is 5.80. The molecule has 1 amide bonds. The second kappa shape index (κ2) is 8.73. The van der Waals surface area contributed by atoms with Gasteiger partial charge in [-0.15, -0.1) is 0 Å². The maximum absolute atomic E-state index is 12.9. The Morgan fingerprint density at radius 1 is 1.23 bits per heavy atom. The van der Waals surface area contributed by atoms with Gasteiger partial charge in [0, 0.05) is 12.6 Å². The third kappa shape index (κ3) is 4.13. The van der Waals surface area contributed by atoms with E-state index in [4.69, 9.17) is 9.47 Å². The lowest BCUT2D eigenvalue weighted by molar-refractivity contribution is -0.127. The van der Waals surface area contributed by atoms with Crippen molar-refractivity contribution in [3.8, 4) is 11.5 Å². The summed E-state index contributed by atoms with van der Waals surface area (Å²) in [6.45, 7) is 8.06. The highest BCUT2D eigenvalue weighted by atomic mass is 16.5. The SMILES string of the molecule is CCOc1ccc(C(C)NC(=O)C2CCCC3CNNC32)cc1OCC. The van der Waals surface area contributed by atoms with Crippen LogP contribution in [0.4, 0.5) is 0 Å². The number of carbonyl (C=O) groups is 1. The number of hydrazine groups is 1. The molecule has 0 spiro atoms. The molecule has 0 aromatic heterocycles. The predicted molar refractivity (Wildman–Crippen MR) is 101 cm³/mol. The quantitative estimate of drug-likeness (QED) is 0.696. The number of rotatable bonds is 7. The second-order valence-electron chi connectivity index (χ2n) is 7.15. The first-order chi connectivity index (χ1) is 12.6. The molecule has 4 atom stereocenters. The van der Waals surface area contributed by atoms with Crippen molar-refractivity contribution in [2.24, 2.45) is 11.8 Å². The highest BCUT2D eigenvalue weighted by Gasteiger charge is 2.40. The van der Waals surface area contributed by atoms with Crippen LogP contribution in [0, 0.1) is 11.8 Å². The molecule has 1 aromatic carbocycles. The number of carbonyl (C=O) groups excluding carboxylic acids is 1. The van der Waals surface area contributed by atoms with E-state index in [2.05, 4.69) is 16.2 Å². The molecule has 4 unspecified atom stereocenters. The molecule has 2 fully saturated rings. The van der Waals surface area contributed by atoms with Crippen LogP contribution in [-0.2, 0) is 4.79 Å². The van der Waals surface area contributed by atoms with E-state index in [-0.39, 0.29) is 23.9 Å². The number of amides is 1. The van der Waals surface area contributed by atoms with Gasteiger partial charge in [0.05, 0.1) is 25.2 Å². The second-order valence-corrected chi connectivity index (χ2v) is 7.15. The van der Waals surface area contributed by atoms with Gasteiger partial charge in [-0.05, 0) is 57.2 Å². The van der Waals surface area contributed by atoms with Crippen molar-refractivity contribution in [3.63, 3.8) is 0 Å². The molecular formula is C20H31N3O3. The molecule has 1 saturated carbocycles. The molecule has 1 heterocycles. The van der Waals surface area contributed by atoms with Gasteiger partial charge in [-0.1, -0.05) is 12.5 Å². The Morgan fingerprint density at radius 3 is 2.77 bits per heavy atom. The largest absolute Gasteiger partial charge is 0.490 e. The lowest BCUT2D eigenvalue weighted by atomic mass is 9.77. The van der Waals surface area contributed by atoms with Crippen LogP contribution < -0.4 is 25.6 Å².